The highest BCUT2D eigenvalue weighted by atomic mass is 19.1. The molecular formula is C18H21F2N. The Morgan fingerprint density at radius 3 is 2.29 bits per heavy atom. The van der Waals surface area contributed by atoms with Crippen LogP contribution in [0.5, 0.6) is 0 Å². The second-order valence-electron chi connectivity index (χ2n) is 5.35. The minimum absolute atomic E-state index is 0.106. The van der Waals surface area contributed by atoms with Crippen molar-refractivity contribution >= 4 is 5.69 Å². The van der Waals surface area contributed by atoms with Gasteiger partial charge in [-0.15, -0.1) is 0 Å². The van der Waals surface area contributed by atoms with Crippen LogP contribution in [0.3, 0.4) is 0 Å². The van der Waals surface area contributed by atoms with Gasteiger partial charge in [0.25, 0.3) is 0 Å². The lowest BCUT2D eigenvalue weighted by Gasteiger charge is -2.21. The lowest BCUT2D eigenvalue weighted by Crippen LogP contribution is -2.12. The third-order valence-corrected chi connectivity index (χ3v) is 3.64. The van der Waals surface area contributed by atoms with Crippen molar-refractivity contribution in [1.29, 1.82) is 0 Å². The molecule has 1 nitrogen and oxygen atoms in total. The maximum absolute atomic E-state index is 13.2. The van der Waals surface area contributed by atoms with Crippen molar-refractivity contribution in [3.05, 3.63) is 65.2 Å². The summed E-state index contributed by atoms with van der Waals surface area (Å²) in [6.45, 7) is 4.03. The van der Waals surface area contributed by atoms with Crippen molar-refractivity contribution in [2.75, 3.05) is 5.32 Å². The maximum atomic E-state index is 13.2. The predicted molar refractivity (Wildman–Crippen MR) is 83.4 cm³/mol. The van der Waals surface area contributed by atoms with Gasteiger partial charge in [-0.3, -0.25) is 0 Å². The van der Waals surface area contributed by atoms with Crippen LogP contribution in [0.15, 0.2) is 42.5 Å². The zero-order chi connectivity index (χ0) is 15.2. The molecule has 1 atom stereocenters. The van der Waals surface area contributed by atoms with Gasteiger partial charge in [0.2, 0.25) is 0 Å². The fourth-order valence-corrected chi connectivity index (χ4v) is 2.40. The van der Waals surface area contributed by atoms with E-state index in [1.807, 2.05) is 19.1 Å². The van der Waals surface area contributed by atoms with Crippen molar-refractivity contribution < 1.29 is 8.78 Å². The van der Waals surface area contributed by atoms with Gasteiger partial charge in [0.15, 0.2) is 0 Å². The average molecular weight is 289 g/mol. The molecule has 1 N–H and O–H groups in total. The number of anilines is 1. The molecule has 0 aromatic heterocycles. The van der Waals surface area contributed by atoms with Crippen LogP contribution in [0.1, 0.15) is 43.4 Å². The second-order valence-corrected chi connectivity index (χ2v) is 5.35. The highest BCUT2D eigenvalue weighted by Crippen LogP contribution is 2.27. The van der Waals surface area contributed by atoms with E-state index in [-0.39, 0.29) is 17.7 Å². The van der Waals surface area contributed by atoms with E-state index in [0.29, 0.717) is 0 Å². The van der Waals surface area contributed by atoms with Crippen LogP contribution < -0.4 is 5.32 Å². The molecule has 1 unspecified atom stereocenters. The van der Waals surface area contributed by atoms with Crippen molar-refractivity contribution in [3.8, 4) is 0 Å². The first-order valence-corrected chi connectivity index (χ1v) is 7.38. The van der Waals surface area contributed by atoms with Gasteiger partial charge < -0.3 is 5.32 Å². The summed E-state index contributed by atoms with van der Waals surface area (Å²) in [6.07, 6.45) is 3.13. The van der Waals surface area contributed by atoms with Gasteiger partial charge in [-0.2, -0.15) is 0 Å². The van der Waals surface area contributed by atoms with Gasteiger partial charge in [-0.05, 0) is 54.8 Å². The first kappa shape index (κ1) is 15.5. The largest absolute Gasteiger partial charge is 0.378 e. The van der Waals surface area contributed by atoms with Gasteiger partial charge in [0, 0.05) is 5.69 Å². The van der Waals surface area contributed by atoms with Gasteiger partial charge in [0.1, 0.15) is 11.6 Å². The molecule has 2 rings (SSSR count). The minimum Gasteiger partial charge on any atom is -0.378 e. The number of hydrogen-bond donors (Lipinski definition) is 1. The molecule has 0 aliphatic rings. The lowest BCUT2D eigenvalue weighted by atomic mass is 10.00. The molecule has 2 aromatic rings. The zero-order valence-corrected chi connectivity index (χ0v) is 12.5. The molecule has 112 valence electrons. The third kappa shape index (κ3) is 4.28. The normalized spacial score (nSPS) is 12.2. The van der Waals surface area contributed by atoms with Crippen molar-refractivity contribution in [3.63, 3.8) is 0 Å². The number of hydrogen-bond acceptors (Lipinski definition) is 1. The monoisotopic (exact) mass is 289 g/mol. The summed E-state index contributed by atoms with van der Waals surface area (Å²) >= 11 is 0. The third-order valence-electron chi connectivity index (χ3n) is 3.64. The van der Waals surface area contributed by atoms with Crippen LogP contribution in [0.4, 0.5) is 14.5 Å². The Labute approximate surface area is 125 Å². The average Bonchev–Trinajstić information content (AvgIpc) is 2.46. The summed E-state index contributed by atoms with van der Waals surface area (Å²) in [7, 11) is 0. The van der Waals surface area contributed by atoms with Crippen LogP contribution in [-0.2, 0) is 0 Å². The van der Waals surface area contributed by atoms with E-state index < -0.39 is 0 Å². The fraction of sp³-hybridized carbons (Fsp3) is 0.333. The molecule has 0 saturated carbocycles. The zero-order valence-electron chi connectivity index (χ0n) is 12.5. The lowest BCUT2D eigenvalue weighted by molar-refractivity contribution is 0.614. The van der Waals surface area contributed by atoms with Crippen molar-refractivity contribution in [2.24, 2.45) is 0 Å². The maximum Gasteiger partial charge on any atom is 0.123 e. The van der Waals surface area contributed by atoms with Crippen molar-refractivity contribution in [2.45, 2.75) is 39.2 Å². The van der Waals surface area contributed by atoms with Crippen LogP contribution >= 0.6 is 0 Å². The summed E-state index contributed by atoms with van der Waals surface area (Å²) in [5.41, 5.74) is 2.84. The number of rotatable bonds is 6. The summed E-state index contributed by atoms with van der Waals surface area (Å²) in [4.78, 5) is 0. The van der Waals surface area contributed by atoms with Crippen LogP contribution in [-0.4, -0.2) is 0 Å². The fourth-order valence-electron chi connectivity index (χ4n) is 2.40. The Morgan fingerprint density at radius 2 is 1.67 bits per heavy atom. The van der Waals surface area contributed by atoms with E-state index >= 15 is 0 Å². The van der Waals surface area contributed by atoms with Gasteiger partial charge in [0.05, 0.1) is 6.04 Å². The summed E-state index contributed by atoms with van der Waals surface area (Å²) in [6, 6.07) is 11.4. The summed E-state index contributed by atoms with van der Waals surface area (Å²) < 4.78 is 26.3. The van der Waals surface area contributed by atoms with Crippen LogP contribution in [0.2, 0.25) is 0 Å². The summed E-state index contributed by atoms with van der Waals surface area (Å²) in [5, 5.41) is 3.46. The highest BCUT2D eigenvalue weighted by Gasteiger charge is 2.12. The SMILES string of the molecule is CCCCC(Nc1ccc(F)cc1C)c1ccc(F)cc1. The molecule has 0 aliphatic heterocycles. The molecule has 0 heterocycles. The molecule has 0 saturated heterocycles. The Morgan fingerprint density at radius 1 is 1.00 bits per heavy atom. The van der Waals surface area contributed by atoms with Crippen LogP contribution in [0.25, 0.3) is 0 Å². The molecule has 0 aliphatic carbocycles. The van der Waals surface area contributed by atoms with E-state index in [1.54, 1.807) is 6.07 Å². The van der Waals surface area contributed by atoms with E-state index in [4.69, 9.17) is 0 Å². The Bertz CT molecular complexity index is 578. The number of unbranched alkanes of at least 4 members (excludes halogenated alkanes) is 1. The Balaban J connectivity index is 2.21. The predicted octanol–water partition coefficient (Wildman–Crippen LogP) is 5.62. The van der Waals surface area contributed by atoms with E-state index in [1.165, 1.54) is 24.3 Å². The molecular weight excluding hydrogens is 268 g/mol. The number of halogens is 2. The van der Waals surface area contributed by atoms with E-state index in [0.717, 1.165) is 36.1 Å². The summed E-state index contributed by atoms with van der Waals surface area (Å²) in [5.74, 6) is -0.462. The first-order chi connectivity index (χ1) is 10.1. The molecule has 0 amide bonds. The van der Waals surface area contributed by atoms with Gasteiger partial charge >= 0.3 is 0 Å². The van der Waals surface area contributed by atoms with Crippen molar-refractivity contribution in [1.82, 2.24) is 0 Å². The standard InChI is InChI=1S/C18H21F2N/c1-3-4-5-18(14-6-8-15(19)9-7-14)21-17-11-10-16(20)12-13(17)2/h6-12,18,21H,3-5H2,1-2H3. The second kappa shape index (κ2) is 7.21. The Hall–Kier alpha value is -1.90. The molecule has 2 aromatic carbocycles. The Kier molecular flexibility index (Phi) is 5.32. The number of aryl methyl sites for hydroxylation is 1. The molecule has 0 fully saturated rings. The highest BCUT2D eigenvalue weighted by molar-refractivity contribution is 5.52. The first-order valence-electron chi connectivity index (χ1n) is 7.38. The number of benzene rings is 2. The molecule has 0 radical (unpaired) electrons. The van der Waals surface area contributed by atoms with Gasteiger partial charge in [-0.1, -0.05) is 31.9 Å². The minimum atomic E-state index is -0.232. The smallest absolute Gasteiger partial charge is 0.123 e. The number of nitrogens with one attached hydrogen (secondary N) is 1. The van der Waals surface area contributed by atoms with Gasteiger partial charge in [-0.25, -0.2) is 8.78 Å². The van der Waals surface area contributed by atoms with Crippen LogP contribution in [0, 0.1) is 18.6 Å². The van der Waals surface area contributed by atoms with E-state index in [9.17, 15) is 8.78 Å². The molecule has 0 spiro atoms. The molecule has 3 heteroatoms. The molecule has 0 bridgehead atoms. The molecule has 21 heavy (non-hydrogen) atoms. The topological polar surface area (TPSA) is 12.0 Å². The quantitative estimate of drug-likeness (QED) is 0.728. The van der Waals surface area contributed by atoms with E-state index in [2.05, 4.69) is 12.2 Å².